The van der Waals surface area contributed by atoms with Crippen LogP contribution in [0.1, 0.15) is 102 Å². The van der Waals surface area contributed by atoms with Crippen LogP contribution in [0.5, 0.6) is 0 Å². The van der Waals surface area contributed by atoms with Crippen molar-refractivity contribution in [1.29, 1.82) is 0 Å². The molecule has 0 bridgehead atoms. The third-order valence-corrected chi connectivity index (χ3v) is 11.7. The van der Waals surface area contributed by atoms with Crippen LogP contribution in [0.3, 0.4) is 0 Å². The van der Waals surface area contributed by atoms with Gasteiger partial charge in [-0.15, -0.1) is 0 Å². The molecule has 3 saturated carbocycles. The molecule has 0 saturated heterocycles. The number of hydrogen-bond acceptors (Lipinski definition) is 4. The highest BCUT2D eigenvalue weighted by Crippen LogP contribution is 2.67. The van der Waals surface area contributed by atoms with Crippen molar-refractivity contribution in [2.45, 2.75) is 104 Å². The van der Waals surface area contributed by atoms with Crippen LogP contribution in [0.15, 0.2) is 42.0 Å². The smallest absolute Gasteiger partial charge is 0.338 e. The van der Waals surface area contributed by atoms with E-state index in [1.54, 1.807) is 0 Å². The van der Waals surface area contributed by atoms with E-state index in [1.807, 2.05) is 30.3 Å². The summed E-state index contributed by atoms with van der Waals surface area (Å²) in [5, 5.41) is 20.8. The average Bonchev–Trinajstić information content (AvgIpc) is 3.19. The number of fused-ring (bicyclic) bond motifs is 5. The van der Waals surface area contributed by atoms with Gasteiger partial charge in [-0.25, -0.2) is 4.79 Å². The van der Waals surface area contributed by atoms with Crippen molar-refractivity contribution in [3.8, 4) is 0 Å². The second kappa shape index (κ2) is 11.1. The summed E-state index contributed by atoms with van der Waals surface area (Å²) in [5.41, 5.74) is 2.55. The van der Waals surface area contributed by atoms with E-state index in [9.17, 15) is 15.0 Å². The van der Waals surface area contributed by atoms with Crippen LogP contribution >= 0.6 is 0 Å². The van der Waals surface area contributed by atoms with E-state index in [2.05, 4.69) is 33.8 Å². The average molecular weight is 523 g/mol. The molecule has 4 aliphatic rings. The first kappa shape index (κ1) is 27.9. The summed E-state index contributed by atoms with van der Waals surface area (Å²) in [4.78, 5) is 12.7. The van der Waals surface area contributed by atoms with E-state index in [-0.39, 0.29) is 35.6 Å². The fourth-order valence-electron chi connectivity index (χ4n) is 9.66. The molecule has 1 aromatic carbocycles. The van der Waals surface area contributed by atoms with E-state index in [1.165, 1.54) is 18.4 Å². The van der Waals surface area contributed by atoms with Gasteiger partial charge in [-0.1, -0.05) is 70.4 Å². The SMILES string of the molecule is CC(CO)CCC[C@H](C)[C@@H]1C(O)C[C@@H]2[C@H]3CC=C4C[C@H](OC(=O)c5ccccc5)CC[C@@]4(C)[C@@H]3CC[C@]21C. The Bertz CT molecular complexity index is 1000. The molecule has 0 spiro atoms. The largest absolute Gasteiger partial charge is 0.458 e. The van der Waals surface area contributed by atoms with Crippen LogP contribution in [-0.2, 0) is 4.74 Å². The lowest BCUT2D eigenvalue weighted by Crippen LogP contribution is -2.51. The summed E-state index contributed by atoms with van der Waals surface area (Å²) in [5.74, 6) is 2.96. The molecule has 1 aromatic rings. The van der Waals surface area contributed by atoms with Crippen LogP contribution in [0, 0.1) is 46.3 Å². The molecule has 38 heavy (non-hydrogen) atoms. The number of esters is 1. The quantitative estimate of drug-likeness (QED) is 0.280. The van der Waals surface area contributed by atoms with Crippen molar-refractivity contribution in [2.75, 3.05) is 6.61 Å². The Morgan fingerprint density at radius 1 is 1.08 bits per heavy atom. The minimum absolute atomic E-state index is 0.0282. The van der Waals surface area contributed by atoms with Gasteiger partial charge >= 0.3 is 5.97 Å². The Morgan fingerprint density at radius 2 is 1.84 bits per heavy atom. The maximum Gasteiger partial charge on any atom is 0.338 e. The zero-order valence-electron chi connectivity index (χ0n) is 24.1. The molecule has 2 unspecified atom stereocenters. The standard InChI is InChI=1S/C34H50O4/c1-22(21-35)9-8-10-23(2)31-30(36)20-29-27-14-13-25-19-26(38-32(37)24-11-6-5-7-12-24)15-17-33(25,3)28(27)16-18-34(29,31)4/h5-7,11-13,22-23,26-31,35-36H,8-10,14-21H2,1-4H3/t22?,23-,26+,27-,28+,29+,30?,31+,33+,34+/m0/s1. The van der Waals surface area contributed by atoms with Gasteiger partial charge < -0.3 is 14.9 Å². The fraction of sp³-hybridized carbons (Fsp3) is 0.735. The second-order valence-electron chi connectivity index (χ2n) is 14.0. The molecule has 0 heterocycles. The van der Waals surface area contributed by atoms with Crippen molar-refractivity contribution in [3.63, 3.8) is 0 Å². The number of hydrogen-bond donors (Lipinski definition) is 2. The summed E-state index contributed by atoms with van der Waals surface area (Å²) in [6.45, 7) is 9.76. The number of carbonyl (C=O) groups excluding carboxylic acids is 1. The molecule has 0 aromatic heterocycles. The van der Waals surface area contributed by atoms with Crippen LogP contribution in [0.4, 0.5) is 0 Å². The minimum Gasteiger partial charge on any atom is -0.458 e. The van der Waals surface area contributed by atoms with Gasteiger partial charge in [0.2, 0.25) is 0 Å². The number of ether oxygens (including phenoxy) is 1. The van der Waals surface area contributed by atoms with Gasteiger partial charge in [-0.3, -0.25) is 0 Å². The van der Waals surface area contributed by atoms with Crippen molar-refractivity contribution >= 4 is 5.97 Å². The van der Waals surface area contributed by atoms with Gasteiger partial charge in [0.25, 0.3) is 0 Å². The van der Waals surface area contributed by atoms with Crippen LogP contribution < -0.4 is 0 Å². The van der Waals surface area contributed by atoms with Crippen molar-refractivity contribution in [2.24, 2.45) is 46.3 Å². The fourth-order valence-corrected chi connectivity index (χ4v) is 9.66. The molecular formula is C34H50O4. The van der Waals surface area contributed by atoms with E-state index in [4.69, 9.17) is 4.74 Å². The first-order chi connectivity index (χ1) is 18.2. The summed E-state index contributed by atoms with van der Waals surface area (Å²) >= 11 is 0. The van der Waals surface area contributed by atoms with Crippen LogP contribution in [-0.4, -0.2) is 35.0 Å². The molecular weight excluding hydrogens is 472 g/mol. The molecule has 5 rings (SSSR count). The number of allylic oxidation sites excluding steroid dienone is 1. The normalized spacial score (nSPS) is 39.8. The van der Waals surface area contributed by atoms with Gasteiger partial charge in [0.05, 0.1) is 11.7 Å². The Labute approximate surface area is 230 Å². The first-order valence-electron chi connectivity index (χ1n) is 15.4. The lowest BCUT2D eigenvalue weighted by Gasteiger charge is -2.58. The van der Waals surface area contributed by atoms with Gasteiger partial charge in [-0.2, -0.15) is 0 Å². The van der Waals surface area contributed by atoms with Gasteiger partial charge in [0.1, 0.15) is 6.10 Å². The monoisotopic (exact) mass is 522 g/mol. The molecule has 0 radical (unpaired) electrons. The topological polar surface area (TPSA) is 66.8 Å². The molecule has 210 valence electrons. The number of carbonyl (C=O) groups is 1. The summed E-state index contributed by atoms with van der Waals surface area (Å²) in [6, 6.07) is 9.36. The van der Waals surface area contributed by atoms with Crippen molar-refractivity contribution < 1.29 is 19.7 Å². The predicted molar refractivity (Wildman–Crippen MR) is 151 cm³/mol. The predicted octanol–water partition coefficient (Wildman–Crippen LogP) is 7.20. The molecule has 2 N–H and O–H groups in total. The molecule has 4 nitrogen and oxygen atoms in total. The molecule has 4 aliphatic carbocycles. The van der Waals surface area contributed by atoms with Crippen LogP contribution in [0.2, 0.25) is 0 Å². The molecule has 0 amide bonds. The Balaban J connectivity index is 1.26. The maximum atomic E-state index is 12.7. The Hall–Kier alpha value is -1.65. The molecule has 10 atom stereocenters. The zero-order valence-corrected chi connectivity index (χ0v) is 24.1. The molecule has 0 aliphatic heterocycles. The lowest BCUT2D eigenvalue weighted by molar-refractivity contribution is -0.0638. The van der Waals surface area contributed by atoms with E-state index < -0.39 is 0 Å². The van der Waals surface area contributed by atoms with E-state index in [0.29, 0.717) is 41.1 Å². The van der Waals surface area contributed by atoms with Crippen molar-refractivity contribution in [1.82, 2.24) is 0 Å². The first-order valence-corrected chi connectivity index (χ1v) is 15.4. The van der Waals surface area contributed by atoms with E-state index >= 15 is 0 Å². The maximum absolute atomic E-state index is 12.7. The van der Waals surface area contributed by atoms with Crippen LogP contribution in [0.25, 0.3) is 0 Å². The second-order valence-corrected chi connectivity index (χ2v) is 14.0. The van der Waals surface area contributed by atoms with Gasteiger partial charge in [-0.05, 0) is 103 Å². The molecule has 4 heteroatoms. The number of benzene rings is 1. The molecule has 3 fully saturated rings. The highest BCUT2D eigenvalue weighted by atomic mass is 16.5. The summed E-state index contributed by atoms with van der Waals surface area (Å²) < 4.78 is 5.97. The zero-order chi connectivity index (χ0) is 27.1. The Kier molecular flexibility index (Phi) is 8.14. The summed E-state index contributed by atoms with van der Waals surface area (Å²) in [6.07, 6.45) is 13.1. The number of rotatable bonds is 8. The summed E-state index contributed by atoms with van der Waals surface area (Å²) in [7, 11) is 0. The Morgan fingerprint density at radius 3 is 2.58 bits per heavy atom. The highest BCUT2D eigenvalue weighted by Gasteiger charge is 2.61. The van der Waals surface area contributed by atoms with Crippen molar-refractivity contribution in [3.05, 3.63) is 47.5 Å². The van der Waals surface area contributed by atoms with Gasteiger partial charge in [0, 0.05) is 13.0 Å². The van der Waals surface area contributed by atoms with E-state index in [0.717, 1.165) is 51.4 Å². The third-order valence-electron chi connectivity index (χ3n) is 11.7. The highest BCUT2D eigenvalue weighted by molar-refractivity contribution is 5.89. The number of aliphatic hydroxyl groups is 2. The minimum atomic E-state index is -0.201. The third kappa shape index (κ3) is 5.01. The number of aliphatic hydroxyl groups excluding tert-OH is 2. The lowest BCUT2D eigenvalue weighted by atomic mass is 9.47. The van der Waals surface area contributed by atoms with Gasteiger partial charge in [0.15, 0.2) is 0 Å².